The van der Waals surface area contributed by atoms with E-state index in [2.05, 4.69) is 5.32 Å². The van der Waals surface area contributed by atoms with E-state index in [0.29, 0.717) is 19.3 Å². The molecule has 1 saturated heterocycles. The molecule has 1 N–H and O–H groups in total. The van der Waals surface area contributed by atoms with Crippen LogP contribution in [0.3, 0.4) is 0 Å². The van der Waals surface area contributed by atoms with Crippen LogP contribution in [-0.2, 0) is 0 Å². The summed E-state index contributed by atoms with van der Waals surface area (Å²) in [6.45, 7) is 2.53. The number of nitrogens with zero attached hydrogens (tertiary/aromatic N) is 1. The predicted molar refractivity (Wildman–Crippen MR) is 49.1 cm³/mol. The molecule has 0 saturated carbocycles. The minimum Gasteiger partial charge on any atom is -0.316 e. The Balaban J connectivity index is 2.26. The fourth-order valence-corrected chi connectivity index (χ4v) is 1.55. The molecule has 1 heterocycles. The summed E-state index contributed by atoms with van der Waals surface area (Å²) in [6, 6.07) is 0. The Morgan fingerprint density at radius 2 is 1.92 bits per heavy atom. The lowest BCUT2D eigenvalue weighted by atomic mass is 9.91. The van der Waals surface area contributed by atoms with Gasteiger partial charge in [0.2, 0.25) is 0 Å². The number of piperidine rings is 1. The van der Waals surface area contributed by atoms with Gasteiger partial charge < -0.3 is 10.2 Å². The van der Waals surface area contributed by atoms with E-state index in [9.17, 15) is 4.39 Å². The average molecular weight is 174 g/mol. The molecule has 0 aromatic rings. The van der Waals surface area contributed by atoms with Crippen LogP contribution in [0.4, 0.5) is 4.39 Å². The summed E-state index contributed by atoms with van der Waals surface area (Å²) in [5, 5.41) is 3.17. The van der Waals surface area contributed by atoms with Crippen molar-refractivity contribution in [3.8, 4) is 0 Å². The lowest BCUT2D eigenvalue weighted by Gasteiger charge is -2.30. The Kier molecular flexibility index (Phi) is 3.47. The van der Waals surface area contributed by atoms with Crippen molar-refractivity contribution in [2.24, 2.45) is 0 Å². The van der Waals surface area contributed by atoms with E-state index in [-0.39, 0.29) is 0 Å². The van der Waals surface area contributed by atoms with Crippen LogP contribution in [-0.4, -0.2) is 44.3 Å². The summed E-state index contributed by atoms with van der Waals surface area (Å²) in [5.74, 6) is 0. The van der Waals surface area contributed by atoms with Crippen molar-refractivity contribution in [3.63, 3.8) is 0 Å². The first kappa shape index (κ1) is 9.93. The Labute approximate surface area is 74.1 Å². The van der Waals surface area contributed by atoms with Gasteiger partial charge in [-0.25, -0.2) is 4.39 Å². The lowest BCUT2D eigenvalue weighted by Crippen LogP contribution is -2.40. The van der Waals surface area contributed by atoms with Crippen LogP contribution in [0.5, 0.6) is 0 Å². The summed E-state index contributed by atoms with van der Waals surface area (Å²) in [7, 11) is 3.98. The molecule has 1 fully saturated rings. The standard InChI is InChI=1S/C9H19FN2/c1-12(2)8-5-9(10)3-6-11-7-4-9/h11H,3-8H2,1-2H3. The summed E-state index contributed by atoms with van der Waals surface area (Å²) < 4.78 is 13.9. The maximum Gasteiger partial charge on any atom is 0.114 e. The van der Waals surface area contributed by atoms with E-state index in [1.54, 1.807) is 0 Å². The van der Waals surface area contributed by atoms with Gasteiger partial charge >= 0.3 is 0 Å². The SMILES string of the molecule is CN(C)CCC1(F)CCNCC1. The third kappa shape index (κ3) is 3.07. The van der Waals surface area contributed by atoms with Crippen LogP contribution in [0.15, 0.2) is 0 Å². The fraction of sp³-hybridized carbons (Fsp3) is 1.00. The second-order valence-electron chi connectivity index (χ2n) is 3.95. The highest BCUT2D eigenvalue weighted by molar-refractivity contribution is 4.85. The van der Waals surface area contributed by atoms with E-state index in [0.717, 1.165) is 19.6 Å². The third-order valence-corrected chi connectivity index (χ3v) is 2.51. The quantitative estimate of drug-likeness (QED) is 0.687. The Hall–Kier alpha value is -0.150. The molecule has 0 bridgehead atoms. The fourth-order valence-electron chi connectivity index (χ4n) is 1.55. The minimum atomic E-state index is -0.893. The van der Waals surface area contributed by atoms with Crippen molar-refractivity contribution in [2.75, 3.05) is 33.7 Å². The number of rotatable bonds is 3. The zero-order chi connectivity index (χ0) is 9.03. The lowest BCUT2D eigenvalue weighted by molar-refractivity contribution is 0.0946. The van der Waals surface area contributed by atoms with Crippen molar-refractivity contribution >= 4 is 0 Å². The van der Waals surface area contributed by atoms with Gasteiger partial charge in [0, 0.05) is 6.54 Å². The zero-order valence-electron chi connectivity index (χ0n) is 8.07. The molecule has 0 radical (unpaired) electrons. The second-order valence-corrected chi connectivity index (χ2v) is 3.95. The molecule has 0 aromatic carbocycles. The van der Waals surface area contributed by atoms with E-state index in [1.807, 2.05) is 19.0 Å². The van der Waals surface area contributed by atoms with E-state index < -0.39 is 5.67 Å². The molecule has 2 nitrogen and oxygen atoms in total. The summed E-state index contributed by atoms with van der Waals surface area (Å²) in [5.41, 5.74) is -0.893. The topological polar surface area (TPSA) is 15.3 Å². The molecule has 0 unspecified atom stereocenters. The first-order chi connectivity index (χ1) is 5.62. The number of halogens is 1. The molecule has 3 heteroatoms. The van der Waals surface area contributed by atoms with Crippen molar-refractivity contribution in [2.45, 2.75) is 24.9 Å². The molecule has 0 spiro atoms. The van der Waals surface area contributed by atoms with Gasteiger partial charge in [-0.05, 0) is 46.4 Å². The molecule has 72 valence electrons. The van der Waals surface area contributed by atoms with Crippen LogP contribution in [0, 0.1) is 0 Å². The monoisotopic (exact) mass is 174 g/mol. The van der Waals surface area contributed by atoms with Crippen molar-refractivity contribution in [1.82, 2.24) is 10.2 Å². The maximum atomic E-state index is 13.9. The Morgan fingerprint density at radius 1 is 1.33 bits per heavy atom. The van der Waals surface area contributed by atoms with Gasteiger partial charge in [0.05, 0.1) is 0 Å². The van der Waals surface area contributed by atoms with Gasteiger partial charge in [-0.3, -0.25) is 0 Å². The largest absolute Gasteiger partial charge is 0.316 e. The summed E-state index contributed by atoms with van der Waals surface area (Å²) in [4.78, 5) is 2.05. The smallest absolute Gasteiger partial charge is 0.114 e. The van der Waals surface area contributed by atoms with Gasteiger partial charge in [0.25, 0.3) is 0 Å². The van der Waals surface area contributed by atoms with Crippen LogP contribution in [0.1, 0.15) is 19.3 Å². The molecule has 1 aliphatic rings. The van der Waals surface area contributed by atoms with Crippen LogP contribution >= 0.6 is 0 Å². The van der Waals surface area contributed by atoms with E-state index in [1.165, 1.54) is 0 Å². The summed E-state index contributed by atoms with van der Waals surface area (Å²) >= 11 is 0. The molecule has 0 atom stereocenters. The van der Waals surface area contributed by atoms with Crippen LogP contribution in [0.25, 0.3) is 0 Å². The highest BCUT2D eigenvalue weighted by atomic mass is 19.1. The Bertz CT molecular complexity index is 130. The van der Waals surface area contributed by atoms with Gasteiger partial charge in [-0.2, -0.15) is 0 Å². The van der Waals surface area contributed by atoms with Crippen LogP contribution in [0.2, 0.25) is 0 Å². The molecule has 0 amide bonds. The van der Waals surface area contributed by atoms with Crippen molar-refractivity contribution in [3.05, 3.63) is 0 Å². The first-order valence-electron chi connectivity index (χ1n) is 4.67. The number of hydrogen-bond acceptors (Lipinski definition) is 2. The molecule has 1 aliphatic heterocycles. The maximum absolute atomic E-state index is 13.9. The zero-order valence-corrected chi connectivity index (χ0v) is 8.07. The van der Waals surface area contributed by atoms with Crippen molar-refractivity contribution < 1.29 is 4.39 Å². The van der Waals surface area contributed by atoms with Crippen molar-refractivity contribution in [1.29, 1.82) is 0 Å². The third-order valence-electron chi connectivity index (χ3n) is 2.51. The summed E-state index contributed by atoms with van der Waals surface area (Å²) in [6.07, 6.45) is 2.04. The highest BCUT2D eigenvalue weighted by Crippen LogP contribution is 2.26. The molecule has 12 heavy (non-hydrogen) atoms. The first-order valence-corrected chi connectivity index (χ1v) is 4.67. The Morgan fingerprint density at radius 3 is 2.42 bits per heavy atom. The second kappa shape index (κ2) is 4.19. The number of nitrogens with one attached hydrogen (secondary N) is 1. The molecular formula is C9H19FN2. The van der Waals surface area contributed by atoms with Gasteiger partial charge in [-0.15, -0.1) is 0 Å². The molecule has 0 aromatic heterocycles. The highest BCUT2D eigenvalue weighted by Gasteiger charge is 2.30. The number of alkyl halides is 1. The van der Waals surface area contributed by atoms with Gasteiger partial charge in [0.15, 0.2) is 0 Å². The number of hydrogen-bond donors (Lipinski definition) is 1. The van der Waals surface area contributed by atoms with Gasteiger partial charge in [0.1, 0.15) is 5.67 Å². The van der Waals surface area contributed by atoms with E-state index >= 15 is 0 Å². The molecular weight excluding hydrogens is 155 g/mol. The predicted octanol–water partition coefficient (Wildman–Crippen LogP) is 1.03. The normalized spacial score (nSPS) is 23.0. The molecule has 1 rings (SSSR count). The minimum absolute atomic E-state index is 0.681. The molecule has 0 aliphatic carbocycles. The van der Waals surface area contributed by atoms with Crippen LogP contribution < -0.4 is 5.32 Å². The van der Waals surface area contributed by atoms with Gasteiger partial charge in [-0.1, -0.05) is 0 Å². The average Bonchev–Trinajstić information content (AvgIpc) is 2.03. The van der Waals surface area contributed by atoms with E-state index in [4.69, 9.17) is 0 Å².